The Kier molecular flexibility index (Phi) is 3.40. The highest BCUT2D eigenvalue weighted by Crippen LogP contribution is 2.34. The largest absolute Gasteiger partial charge is 0.341 e. The van der Waals surface area contributed by atoms with Crippen LogP contribution in [0.3, 0.4) is 0 Å². The smallest absolute Gasteiger partial charge is 0.0444 e. The van der Waals surface area contributed by atoms with Crippen LogP contribution in [0.2, 0.25) is 0 Å². The maximum absolute atomic E-state index is 3.58. The van der Waals surface area contributed by atoms with Gasteiger partial charge in [-0.1, -0.05) is 30.3 Å². The summed E-state index contributed by atoms with van der Waals surface area (Å²) in [7, 11) is 0. The molecule has 2 nitrogen and oxygen atoms in total. The molecule has 0 aromatic heterocycles. The molecule has 0 unspecified atom stereocenters. The highest BCUT2D eigenvalue weighted by atomic mass is 15.2. The molecular formula is C19H22N2. The summed E-state index contributed by atoms with van der Waals surface area (Å²) >= 11 is 0. The number of para-hydroxylation sites is 1. The predicted molar refractivity (Wildman–Crippen MR) is 88.0 cm³/mol. The van der Waals surface area contributed by atoms with E-state index in [-0.39, 0.29) is 0 Å². The van der Waals surface area contributed by atoms with Crippen LogP contribution in [0, 0.1) is 5.92 Å². The van der Waals surface area contributed by atoms with Gasteiger partial charge < -0.3 is 10.2 Å². The fourth-order valence-corrected chi connectivity index (χ4v) is 3.18. The summed E-state index contributed by atoms with van der Waals surface area (Å²) < 4.78 is 0. The SMILES string of the molecule is c1cc(CNCC2CC2)cc(N2CCc3ccccc32)c1. The molecule has 0 saturated heterocycles. The van der Waals surface area contributed by atoms with Gasteiger partial charge in [-0.3, -0.25) is 0 Å². The van der Waals surface area contributed by atoms with E-state index in [0.29, 0.717) is 0 Å². The van der Waals surface area contributed by atoms with Gasteiger partial charge in [-0.15, -0.1) is 0 Å². The van der Waals surface area contributed by atoms with Crippen molar-refractivity contribution in [1.82, 2.24) is 5.32 Å². The van der Waals surface area contributed by atoms with E-state index in [1.165, 1.54) is 41.9 Å². The topological polar surface area (TPSA) is 15.3 Å². The number of benzene rings is 2. The standard InChI is InChI=1S/C19H22N2/c1-2-7-19-17(5-1)10-11-21(19)18-6-3-4-16(12-18)14-20-13-15-8-9-15/h1-7,12,15,20H,8-11,13-14H2. The normalized spacial score (nSPS) is 17.0. The van der Waals surface area contributed by atoms with Gasteiger partial charge >= 0.3 is 0 Å². The van der Waals surface area contributed by atoms with E-state index in [1.54, 1.807) is 0 Å². The molecule has 0 radical (unpaired) electrons. The molecule has 0 bridgehead atoms. The van der Waals surface area contributed by atoms with Crippen molar-refractivity contribution in [2.24, 2.45) is 5.92 Å². The van der Waals surface area contributed by atoms with Gasteiger partial charge in [0.2, 0.25) is 0 Å². The minimum atomic E-state index is 0.943. The Balaban J connectivity index is 1.50. The van der Waals surface area contributed by atoms with Crippen LogP contribution in [-0.2, 0) is 13.0 Å². The van der Waals surface area contributed by atoms with Crippen molar-refractivity contribution in [1.29, 1.82) is 0 Å². The molecule has 2 heteroatoms. The second kappa shape index (κ2) is 5.53. The third kappa shape index (κ3) is 2.81. The molecule has 1 fully saturated rings. The number of nitrogens with zero attached hydrogens (tertiary/aromatic N) is 1. The second-order valence-corrected chi connectivity index (χ2v) is 6.27. The van der Waals surface area contributed by atoms with Crippen molar-refractivity contribution in [3.05, 3.63) is 59.7 Å². The number of fused-ring (bicyclic) bond motifs is 1. The lowest BCUT2D eigenvalue weighted by Gasteiger charge is -2.20. The van der Waals surface area contributed by atoms with Crippen LogP contribution in [0.1, 0.15) is 24.0 Å². The Morgan fingerprint density at radius 3 is 2.86 bits per heavy atom. The summed E-state index contributed by atoms with van der Waals surface area (Å²) in [4.78, 5) is 2.44. The average Bonchev–Trinajstić information content (AvgIpc) is 3.25. The van der Waals surface area contributed by atoms with Gasteiger partial charge in [-0.25, -0.2) is 0 Å². The van der Waals surface area contributed by atoms with Crippen molar-refractivity contribution in [3.8, 4) is 0 Å². The summed E-state index contributed by atoms with van der Waals surface area (Å²) in [5, 5.41) is 3.58. The third-order valence-electron chi connectivity index (χ3n) is 4.57. The van der Waals surface area contributed by atoms with Crippen LogP contribution in [-0.4, -0.2) is 13.1 Å². The summed E-state index contributed by atoms with van der Waals surface area (Å²) in [6.07, 6.45) is 3.98. The Bertz CT molecular complexity index is 631. The van der Waals surface area contributed by atoms with E-state index in [1.807, 2.05) is 0 Å². The number of nitrogens with one attached hydrogen (secondary N) is 1. The molecule has 0 spiro atoms. The quantitative estimate of drug-likeness (QED) is 0.893. The lowest BCUT2D eigenvalue weighted by atomic mass is 10.1. The zero-order chi connectivity index (χ0) is 14.1. The van der Waals surface area contributed by atoms with E-state index in [2.05, 4.69) is 58.7 Å². The Hall–Kier alpha value is -1.80. The Morgan fingerprint density at radius 2 is 1.95 bits per heavy atom. The summed E-state index contributed by atoms with van der Waals surface area (Å²) in [6.45, 7) is 3.26. The van der Waals surface area contributed by atoms with Crippen molar-refractivity contribution < 1.29 is 0 Å². The molecule has 1 heterocycles. The highest BCUT2D eigenvalue weighted by Gasteiger charge is 2.21. The van der Waals surface area contributed by atoms with Crippen molar-refractivity contribution in [3.63, 3.8) is 0 Å². The Morgan fingerprint density at radius 1 is 1.05 bits per heavy atom. The fraction of sp³-hybridized carbons (Fsp3) is 0.368. The summed E-state index contributed by atoms with van der Waals surface area (Å²) in [5.41, 5.74) is 5.55. The number of anilines is 2. The summed E-state index contributed by atoms with van der Waals surface area (Å²) in [5.74, 6) is 0.943. The van der Waals surface area contributed by atoms with Crippen LogP contribution in [0.4, 0.5) is 11.4 Å². The number of hydrogen-bond acceptors (Lipinski definition) is 2. The lowest BCUT2D eigenvalue weighted by Crippen LogP contribution is -2.17. The average molecular weight is 278 g/mol. The molecule has 1 saturated carbocycles. The van der Waals surface area contributed by atoms with E-state index in [4.69, 9.17) is 0 Å². The molecule has 2 aliphatic rings. The molecule has 0 atom stereocenters. The van der Waals surface area contributed by atoms with Crippen LogP contribution in [0.5, 0.6) is 0 Å². The van der Waals surface area contributed by atoms with Gasteiger partial charge in [0, 0.05) is 24.5 Å². The molecule has 1 aliphatic heterocycles. The van der Waals surface area contributed by atoms with E-state index in [9.17, 15) is 0 Å². The predicted octanol–water partition coefficient (Wildman–Crippen LogP) is 3.88. The first-order chi connectivity index (χ1) is 10.4. The molecule has 2 aromatic carbocycles. The van der Waals surface area contributed by atoms with Crippen molar-refractivity contribution in [2.45, 2.75) is 25.8 Å². The molecule has 1 N–H and O–H groups in total. The number of hydrogen-bond donors (Lipinski definition) is 1. The molecule has 0 amide bonds. The van der Waals surface area contributed by atoms with Gasteiger partial charge in [0.1, 0.15) is 0 Å². The second-order valence-electron chi connectivity index (χ2n) is 6.27. The molecule has 2 aromatic rings. The first-order valence-corrected chi connectivity index (χ1v) is 8.05. The first-order valence-electron chi connectivity index (χ1n) is 8.05. The maximum atomic E-state index is 3.58. The van der Waals surface area contributed by atoms with Crippen molar-refractivity contribution >= 4 is 11.4 Å². The van der Waals surface area contributed by atoms with E-state index in [0.717, 1.165) is 25.4 Å². The van der Waals surface area contributed by atoms with Crippen LogP contribution in [0.15, 0.2) is 48.5 Å². The highest BCUT2D eigenvalue weighted by molar-refractivity contribution is 5.70. The zero-order valence-electron chi connectivity index (χ0n) is 12.4. The zero-order valence-corrected chi connectivity index (χ0v) is 12.4. The lowest BCUT2D eigenvalue weighted by molar-refractivity contribution is 0.639. The minimum Gasteiger partial charge on any atom is -0.341 e. The molecule has 1 aliphatic carbocycles. The van der Waals surface area contributed by atoms with Gasteiger partial charge in [-0.2, -0.15) is 0 Å². The minimum absolute atomic E-state index is 0.943. The third-order valence-corrected chi connectivity index (χ3v) is 4.57. The van der Waals surface area contributed by atoms with E-state index >= 15 is 0 Å². The monoisotopic (exact) mass is 278 g/mol. The van der Waals surface area contributed by atoms with Gasteiger partial charge in [0.15, 0.2) is 0 Å². The van der Waals surface area contributed by atoms with Crippen LogP contribution >= 0.6 is 0 Å². The molecule has 21 heavy (non-hydrogen) atoms. The van der Waals surface area contributed by atoms with Gasteiger partial charge in [-0.05, 0) is 61.1 Å². The maximum Gasteiger partial charge on any atom is 0.0444 e. The molecule has 108 valence electrons. The summed E-state index contributed by atoms with van der Waals surface area (Å²) in [6, 6.07) is 17.7. The molecular weight excluding hydrogens is 256 g/mol. The Labute approximate surface area is 126 Å². The number of rotatable bonds is 5. The van der Waals surface area contributed by atoms with Crippen LogP contribution < -0.4 is 10.2 Å². The van der Waals surface area contributed by atoms with Gasteiger partial charge in [0.05, 0.1) is 0 Å². The van der Waals surface area contributed by atoms with Gasteiger partial charge in [0.25, 0.3) is 0 Å². The van der Waals surface area contributed by atoms with E-state index < -0.39 is 0 Å². The first kappa shape index (κ1) is 12.9. The van der Waals surface area contributed by atoms with Crippen LogP contribution in [0.25, 0.3) is 0 Å². The van der Waals surface area contributed by atoms with Crippen molar-refractivity contribution in [2.75, 3.05) is 18.0 Å². The molecule has 4 rings (SSSR count). The fourth-order valence-electron chi connectivity index (χ4n) is 3.18.